The first kappa shape index (κ1) is 26.9. The molecule has 2 heterocycles. The highest BCUT2D eigenvalue weighted by Gasteiger charge is 2.26. The highest BCUT2D eigenvalue weighted by molar-refractivity contribution is 8.00. The number of carbonyl (C=O) groups excluding carboxylic acids is 2. The summed E-state index contributed by atoms with van der Waals surface area (Å²) in [7, 11) is 3.22. The zero-order valence-corrected chi connectivity index (χ0v) is 22.7. The van der Waals surface area contributed by atoms with E-state index in [1.165, 1.54) is 11.8 Å². The Morgan fingerprint density at radius 3 is 2.51 bits per heavy atom. The van der Waals surface area contributed by atoms with E-state index < -0.39 is 0 Å². The third-order valence-corrected chi connectivity index (χ3v) is 7.42. The van der Waals surface area contributed by atoms with Gasteiger partial charge in [0.25, 0.3) is 0 Å². The minimum Gasteiger partial charge on any atom is -0.493 e. The maximum atomic E-state index is 13.1. The summed E-state index contributed by atoms with van der Waals surface area (Å²) in [6.45, 7) is 5.99. The molecule has 198 valence electrons. The molecule has 1 saturated heterocycles. The number of amides is 2. The van der Waals surface area contributed by atoms with Gasteiger partial charge in [-0.05, 0) is 44.0 Å². The SMILES string of the molecule is COc1ccc(CCNC(=O)CSc2cn(CC(=O)N3C[C@@H](C)O[C@@H](C)C3)c3ccccc23)cc1OC. The van der Waals surface area contributed by atoms with Crippen molar-refractivity contribution in [1.29, 1.82) is 0 Å². The number of thioether (sulfide) groups is 1. The van der Waals surface area contributed by atoms with Crippen molar-refractivity contribution in [2.45, 2.75) is 43.9 Å². The number of morpholine rings is 1. The fourth-order valence-electron chi connectivity index (χ4n) is 4.66. The number of rotatable bonds is 10. The van der Waals surface area contributed by atoms with Crippen molar-refractivity contribution < 1.29 is 23.8 Å². The third-order valence-electron chi connectivity index (χ3n) is 6.37. The zero-order chi connectivity index (χ0) is 26.4. The fourth-order valence-corrected chi connectivity index (χ4v) is 5.58. The van der Waals surface area contributed by atoms with E-state index in [0.29, 0.717) is 43.3 Å². The molecule has 1 aromatic heterocycles. The molecule has 1 aliphatic heterocycles. The van der Waals surface area contributed by atoms with Gasteiger partial charge in [-0.25, -0.2) is 0 Å². The van der Waals surface area contributed by atoms with Crippen LogP contribution in [0.25, 0.3) is 10.9 Å². The maximum absolute atomic E-state index is 13.1. The van der Waals surface area contributed by atoms with E-state index in [1.54, 1.807) is 14.2 Å². The Morgan fingerprint density at radius 2 is 1.78 bits per heavy atom. The number of hydrogen-bond acceptors (Lipinski definition) is 6. The lowest BCUT2D eigenvalue weighted by Gasteiger charge is -2.35. The van der Waals surface area contributed by atoms with Crippen molar-refractivity contribution in [2.75, 3.05) is 39.6 Å². The number of nitrogens with one attached hydrogen (secondary N) is 1. The van der Waals surface area contributed by atoms with Crippen molar-refractivity contribution in [1.82, 2.24) is 14.8 Å². The third kappa shape index (κ3) is 6.78. The van der Waals surface area contributed by atoms with Crippen molar-refractivity contribution in [2.24, 2.45) is 0 Å². The number of ether oxygens (including phenoxy) is 3. The van der Waals surface area contributed by atoms with Gasteiger partial charge in [-0.15, -0.1) is 11.8 Å². The van der Waals surface area contributed by atoms with Gasteiger partial charge in [0.05, 0.1) is 32.2 Å². The molecule has 8 nitrogen and oxygen atoms in total. The lowest BCUT2D eigenvalue weighted by Crippen LogP contribution is -2.49. The molecule has 1 N–H and O–H groups in total. The monoisotopic (exact) mass is 525 g/mol. The molecule has 0 aliphatic carbocycles. The van der Waals surface area contributed by atoms with Crippen molar-refractivity contribution in [3.63, 3.8) is 0 Å². The molecular weight excluding hydrogens is 490 g/mol. The standard InChI is InChI=1S/C28H35N3O5S/c1-19-14-31(15-20(2)36-19)28(33)17-30-16-26(22-7-5-6-8-23(22)30)37-18-27(32)29-12-11-21-9-10-24(34-3)25(13-21)35-4/h5-10,13,16,19-20H,11-12,14-15,17-18H2,1-4H3,(H,29,32)/t19-,20+. The fraction of sp³-hybridized carbons (Fsp3) is 0.429. The molecular formula is C28H35N3O5S. The molecule has 2 atom stereocenters. The van der Waals surface area contributed by atoms with E-state index in [1.807, 2.05) is 72.0 Å². The number of para-hydroxylation sites is 1. The minimum absolute atomic E-state index is 0.0327. The second-order valence-corrected chi connectivity index (χ2v) is 10.3. The number of fused-ring (bicyclic) bond motifs is 1. The van der Waals surface area contributed by atoms with Gasteiger partial charge in [0, 0.05) is 41.6 Å². The lowest BCUT2D eigenvalue weighted by molar-refractivity contribution is -0.143. The Morgan fingerprint density at radius 1 is 1.05 bits per heavy atom. The van der Waals surface area contributed by atoms with Gasteiger partial charge < -0.3 is 29.0 Å². The molecule has 0 bridgehead atoms. The van der Waals surface area contributed by atoms with Gasteiger partial charge in [-0.2, -0.15) is 0 Å². The van der Waals surface area contributed by atoms with Gasteiger partial charge in [0.1, 0.15) is 6.54 Å². The molecule has 1 aliphatic rings. The Kier molecular flexibility index (Phi) is 9.00. The first-order valence-corrected chi connectivity index (χ1v) is 13.5. The largest absolute Gasteiger partial charge is 0.493 e. The highest BCUT2D eigenvalue weighted by atomic mass is 32.2. The van der Waals surface area contributed by atoms with Crippen LogP contribution in [-0.4, -0.2) is 73.1 Å². The summed E-state index contributed by atoms with van der Waals surface area (Å²) in [5.41, 5.74) is 2.05. The predicted octanol–water partition coefficient (Wildman–Crippen LogP) is 3.75. The average molecular weight is 526 g/mol. The molecule has 0 spiro atoms. The zero-order valence-electron chi connectivity index (χ0n) is 21.9. The number of benzene rings is 2. The van der Waals surface area contributed by atoms with Crippen molar-refractivity contribution >= 4 is 34.5 Å². The number of aromatic nitrogens is 1. The van der Waals surface area contributed by atoms with Crippen molar-refractivity contribution in [3.05, 3.63) is 54.2 Å². The molecule has 37 heavy (non-hydrogen) atoms. The van der Waals surface area contributed by atoms with Crippen LogP contribution in [0.2, 0.25) is 0 Å². The first-order valence-electron chi connectivity index (χ1n) is 12.5. The van der Waals surface area contributed by atoms with E-state index in [9.17, 15) is 9.59 Å². The number of hydrogen-bond donors (Lipinski definition) is 1. The smallest absolute Gasteiger partial charge is 0.242 e. The van der Waals surface area contributed by atoms with Gasteiger partial charge in [-0.1, -0.05) is 24.3 Å². The molecule has 2 amide bonds. The van der Waals surface area contributed by atoms with E-state index in [2.05, 4.69) is 5.32 Å². The topological polar surface area (TPSA) is 82.0 Å². The van der Waals surface area contributed by atoms with E-state index in [-0.39, 0.29) is 30.6 Å². The van der Waals surface area contributed by atoms with Gasteiger partial charge in [-0.3, -0.25) is 9.59 Å². The van der Waals surface area contributed by atoms with E-state index >= 15 is 0 Å². The molecule has 0 unspecified atom stereocenters. The normalized spacial score (nSPS) is 17.6. The number of nitrogens with zero attached hydrogens (tertiary/aromatic N) is 2. The van der Waals surface area contributed by atoms with Gasteiger partial charge in [0.2, 0.25) is 11.8 Å². The summed E-state index contributed by atoms with van der Waals surface area (Å²) < 4.78 is 18.4. The van der Waals surface area contributed by atoms with Crippen LogP contribution in [-0.2, 0) is 27.3 Å². The Bertz CT molecular complexity index is 1230. The second-order valence-electron chi connectivity index (χ2n) is 9.27. The van der Waals surface area contributed by atoms with Crippen LogP contribution >= 0.6 is 11.8 Å². The molecule has 2 aromatic carbocycles. The summed E-state index contributed by atoms with van der Waals surface area (Å²) in [6, 6.07) is 13.8. The van der Waals surface area contributed by atoms with Crippen LogP contribution in [0, 0.1) is 0 Å². The van der Waals surface area contributed by atoms with Gasteiger partial charge in [0.15, 0.2) is 11.5 Å². The first-order chi connectivity index (χ1) is 17.9. The Labute approximate surface area is 222 Å². The van der Waals surface area contributed by atoms with Crippen LogP contribution in [0.5, 0.6) is 11.5 Å². The molecule has 0 saturated carbocycles. The van der Waals surface area contributed by atoms with Crippen molar-refractivity contribution in [3.8, 4) is 11.5 Å². The number of methoxy groups -OCH3 is 2. The maximum Gasteiger partial charge on any atom is 0.242 e. The molecule has 4 rings (SSSR count). The van der Waals surface area contributed by atoms with Crippen LogP contribution in [0.1, 0.15) is 19.4 Å². The summed E-state index contributed by atoms with van der Waals surface area (Å²) in [5.74, 6) is 1.70. The molecule has 9 heteroatoms. The minimum atomic E-state index is -0.0327. The van der Waals surface area contributed by atoms with Crippen LogP contribution in [0.15, 0.2) is 53.6 Å². The average Bonchev–Trinajstić information content (AvgIpc) is 3.24. The summed E-state index contributed by atoms with van der Waals surface area (Å²) in [5, 5.41) is 4.04. The summed E-state index contributed by atoms with van der Waals surface area (Å²) in [4.78, 5) is 28.5. The molecule has 1 fully saturated rings. The highest BCUT2D eigenvalue weighted by Crippen LogP contribution is 2.30. The number of carbonyl (C=O) groups is 2. The Balaban J connectivity index is 1.33. The van der Waals surface area contributed by atoms with E-state index in [4.69, 9.17) is 14.2 Å². The second kappa shape index (κ2) is 12.4. The Hall–Kier alpha value is -3.17. The van der Waals surface area contributed by atoms with Crippen LogP contribution in [0.3, 0.4) is 0 Å². The predicted molar refractivity (Wildman–Crippen MR) is 146 cm³/mol. The van der Waals surface area contributed by atoms with Gasteiger partial charge >= 0.3 is 0 Å². The molecule has 0 radical (unpaired) electrons. The van der Waals surface area contributed by atoms with Crippen LogP contribution < -0.4 is 14.8 Å². The molecule has 3 aromatic rings. The summed E-state index contributed by atoms with van der Waals surface area (Å²) >= 11 is 1.49. The lowest BCUT2D eigenvalue weighted by atomic mass is 10.1. The summed E-state index contributed by atoms with van der Waals surface area (Å²) in [6.07, 6.45) is 2.74. The van der Waals surface area contributed by atoms with E-state index in [0.717, 1.165) is 21.4 Å². The van der Waals surface area contributed by atoms with Crippen LogP contribution in [0.4, 0.5) is 0 Å². The quantitative estimate of drug-likeness (QED) is 0.406.